The molecule has 1 aromatic heterocycles. The van der Waals surface area contributed by atoms with E-state index in [1.807, 2.05) is 6.07 Å². The minimum atomic E-state index is 0.585. The molecule has 2 heterocycles. The Morgan fingerprint density at radius 3 is 2.52 bits per heavy atom. The molecule has 0 unspecified atom stereocenters. The average Bonchev–Trinajstić information content (AvgIpc) is 2.99. The number of nitrogen functional groups attached to an aromatic ring is 1. The first-order chi connectivity index (χ1) is 11.3. The number of aromatic nitrogens is 1. The standard InChI is InChI=1S/C20H23N3/c21-18-7-6-17-8-13-23(20(17)14-18)19-9-11-22(12-10-19)15-16-4-2-1-3-5-16/h1-8,13-14,19H,9-12,15,21H2. The smallest absolute Gasteiger partial charge is 0.0503 e. The van der Waals surface area contributed by atoms with Crippen LogP contribution in [0.4, 0.5) is 5.69 Å². The molecule has 2 N–H and O–H groups in total. The van der Waals surface area contributed by atoms with Gasteiger partial charge in [0.2, 0.25) is 0 Å². The quantitative estimate of drug-likeness (QED) is 0.740. The van der Waals surface area contributed by atoms with Crippen LogP contribution in [0.5, 0.6) is 0 Å². The molecule has 3 aromatic rings. The third-order valence-corrected chi connectivity index (χ3v) is 4.95. The highest BCUT2D eigenvalue weighted by molar-refractivity contribution is 5.83. The zero-order chi connectivity index (χ0) is 15.6. The average molecular weight is 305 g/mol. The molecule has 0 atom stereocenters. The number of rotatable bonds is 3. The molecule has 118 valence electrons. The maximum Gasteiger partial charge on any atom is 0.0503 e. The van der Waals surface area contributed by atoms with E-state index in [0.29, 0.717) is 6.04 Å². The molecule has 4 rings (SSSR count). The molecule has 1 aliphatic heterocycles. The van der Waals surface area contributed by atoms with E-state index in [2.05, 4.69) is 64.2 Å². The van der Waals surface area contributed by atoms with Crippen LogP contribution in [0, 0.1) is 0 Å². The van der Waals surface area contributed by atoms with Crippen molar-refractivity contribution in [1.82, 2.24) is 9.47 Å². The first-order valence-corrected chi connectivity index (χ1v) is 8.42. The van der Waals surface area contributed by atoms with Crippen LogP contribution >= 0.6 is 0 Å². The minimum absolute atomic E-state index is 0.585. The van der Waals surface area contributed by atoms with Gasteiger partial charge in [0.25, 0.3) is 0 Å². The van der Waals surface area contributed by atoms with Crippen molar-refractivity contribution >= 4 is 16.6 Å². The number of anilines is 1. The lowest BCUT2D eigenvalue weighted by molar-refractivity contribution is 0.181. The van der Waals surface area contributed by atoms with Crippen LogP contribution < -0.4 is 5.73 Å². The minimum Gasteiger partial charge on any atom is -0.399 e. The molecule has 1 fully saturated rings. The summed E-state index contributed by atoms with van der Waals surface area (Å²) in [5.41, 5.74) is 9.49. The lowest BCUT2D eigenvalue weighted by Gasteiger charge is -2.33. The van der Waals surface area contributed by atoms with Crippen molar-refractivity contribution in [1.29, 1.82) is 0 Å². The van der Waals surface area contributed by atoms with Gasteiger partial charge in [-0.25, -0.2) is 0 Å². The summed E-state index contributed by atoms with van der Waals surface area (Å²) in [5.74, 6) is 0. The number of hydrogen-bond donors (Lipinski definition) is 1. The Morgan fingerprint density at radius 1 is 0.957 bits per heavy atom. The van der Waals surface area contributed by atoms with Crippen LogP contribution in [0.15, 0.2) is 60.8 Å². The summed E-state index contributed by atoms with van der Waals surface area (Å²) < 4.78 is 2.42. The van der Waals surface area contributed by atoms with Gasteiger partial charge in [-0.1, -0.05) is 36.4 Å². The molecule has 0 aliphatic carbocycles. The summed E-state index contributed by atoms with van der Waals surface area (Å²) in [6.45, 7) is 3.37. The monoisotopic (exact) mass is 305 g/mol. The Hall–Kier alpha value is -2.26. The first-order valence-electron chi connectivity index (χ1n) is 8.42. The van der Waals surface area contributed by atoms with Crippen molar-refractivity contribution in [3.05, 3.63) is 66.4 Å². The number of nitrogens with zero attached hydrogens (tertiary/aromatic N) is 2. The maximum absolute atomic E-state index is 5.97. The fourth-order valence-corrected chi connectivity index (χ4v) is 3.68. The Kier molecular flexibility index (Phi) is 3.80. The molecule has 3 nitrogen and oxygen atoms in total. The Balaban J connectivity index is 1.45. The number of hydrogen-bond acceptors (Lipinski definition) is 2. The zero-order valence-electron chi connectivity index (χ0n) is 13.4. The molecule has 0 radical (unpaired) electrons. The van der Waals surface area contributed by atoms with E-state index < -0.39 is 0 Å². The van der Waals surface area contributed by atoms with E-state index in [1.165, 1.54) is 29.3 Å². The number of likely N-dealkylation sites (tertiary alicyclic amines) is 1. The molecule has 0 bridgehead atoms. The van der Waals surface area contributed by atoms with E-state index in [-0.39, 0.29) is 0 Å². The molecule has 1 saturated heterocycles. The maximum atomic E-state index is 5.97. The van der Waals surface area contributed by atoms with Crippen LogP contribution in [0.2, 0.25) is 0 Å². The summed E-state index contributed by atoms with van der Waals surface area (Å²) >= 11 is 0. The molecule has 0 saturated carbocycles. The van der Waals surface area contributed by atoms with Crippen LogP contribution in [-0.2, 0) is 6.54 Å². The predicted octanol–water partition coefficient (Wildman–Crippen LogP) is 4.06. The fraction of sp³-hybridized carbons (Fsp3) is 0.300. The highest BCUT2D eigenvalue weighted by Crippen LogP contribution is 2.29. The molecule has 23 heavy (non-hydrogen) atoms. The number of fused-ring (bicyclic) bond motifs is 1. The highest BCUT2D eigenvalue weighted by Gasteiger charge is 2.21. The molecular formula is C20H23N3. The second kappa shape index (κ2) is 6.09. The van der Waals surface area contributed by atoms with Gasteiger partial charge in [0.05, 0.1) is 5.52 Å². The van der Waals surface area contributed by atoms with Gasteiger partial charge in [-0.3, -0.25) is 4.90 Å². The molecule has 1 aliphatic rings. The van der Waals surface area contributed by atoms with Gasteiger partial charge < -0.3 is 10.3 Å². The summed E-state index contributed by atoms with van der Waals surface area (Å²) in [7, 11) is 0. The lowest BCUT2D eigenvalue weighted by atomic mass is 10.0. The van der Waals surface area contributed by atoms with Crippen LogP contribution in [0.25, 0.3) is 10.9 Å². The van der Waals surface area contributed by atoms with E-state index in [4.69, 9.17) is 5.73 Å². The van der Waals surface area contributed by atoms with Gasteiger partial charge in [-0.15, -0.1) is 0 Å². The second-order valence-corrected chi connectivity index (χ2v) is 6.53. The Labute approximate surface area is 137 Å². The van der Waals surface area contributed by atoms with Gasteiger partial charge in [0.1, 0.15) is 0 Å². The van der Waals surface area contributed by atoms with Crippen molar-refractivity contribution < 1.29 is 0 Å². The van der Waals surface area contributed by atoms with E-state index in [0.717, 1.165) is 25.3 Å². The van der Waals surface area contributed by atoms with Gasteiger partial charge in [-0.2, -0.15) is 0 Å². The van der Waals surface area contributed by atoms with Crippen molar-refractivity contribution in [2.24, 2.45) is 0 Å². The normalized spacial score (nSPS) is 16.9. The topological polar surface area (TPSA) is 34.2 Å². The Bertz CT molecular complexity index is 783. The third kappa shape index (κ3) is 2.97. The van der Waals surface area contributed by atoms with Crippen molar-refractivity contribution in [2.45, 2.75) is 25.4 Å². The summed E-state index contributed by atoms with van der Waals surface area (Å²) in [5, 5.41) is 1.28. The SMILES string of the molecule is Nc1ccc2ccn(C3CCN(Cc4ccccc4)CC3)c2c1. The fourth-order valence-electron chi connectivity index (χ4n) is 3.68. The summed E-state index contributed by atoms with van der Waals surface area (Å²) in [4.78, 5) is 2.56. The molecule has 3 heteroatoms. The highest BCUT2D eigenvalue weighted by atomic mass is 15.1. The van der Waals surface area contributed by atoms with Gasteiger partial charge in [0, 0.05) is 37.6 Å². The van der Waals surface area contributed by atoms with E-state index >= 15 is 0 Å². The van der Waals surface area contributed by atoms with Crippen molar-refractivity contribution in [2.75, 3.05) is 18.8 Å². The lowest BCUT2D eigenvalue weighted by Crippen LogP contribution is -2.34. The molecule has 0 spiro atoms. The van der Waals surface area contributed by atoms with Gasteiger partial charge in [0.15, 0.2) is 0 Å². The Morgan fingerprint density at radius 2 is 1.74 bits per heavy atom. The zero-order valence-corrected chi connectivity index (χ0v) is 13.4. The van der Waals surface area contributed by atoms with Crippen molar-refractivity contribution in [3.63, 3.8) is 0 Å². The van der Waals surface area contributed by atoms with Crippen LogP contribution in [0.3, 0.4) is 0 Å². The predicted molar refractivity (Wildman–Crippen MR) is 96.3 cm³/mol. The number of piperidine rings is 1. The number of benzene rings is 2. The van der Waals surface area contributed by atoms with Gasteiger partial charge >= 0.3 is 0 Å². The molecule has 2 aromatic carbocycles. The first kappa shape index (κ1) is 14.3. The largest absolute Gasteiger partial charge is 0.399 e. The summed E-state index contributed by atoms with van der Waals surface area (Å²) in [6.07, 6.45) is 4.62. The van der Waals surface area contributed by atoms with E-state index in [1.54, 1.807) is 0 Å². The number of nitrogens with two attached hydrogens (primary N) is 1. The van der Waals surface area contributed by atoms with Crippen LogP contribution in [0.1, 0.15) is 24.4 Å². The second-order valence-electron chi connectivity index (χ2n) is 6.53. The van der Waals surface area contributed by atoms with Crippen molar-refractivity contribution in [3.8, 4) is 0 Å². The van der Waals surface area contributed by atoms with Crippen LogP contribution in [-0.4, -0.2) is 22.6 Å². The third-order valence-electron chi connectivity index (χ3n) is 4.95. The van der Waals surface area contributed by atoms with E-state index in [9.17, 15) is 0 Å². The summed E-state index contributed by atoms with van der Waals surface area (Å²) in [6, 6.07) is 19.7. The van der Waals surface area contributed by atoms with Gasteiger partial charge in [-0.05, 0) is 42.0 Å². The molecular weight excluding hydrogens is 282 g/mol. The molecule has 0 amide bonds.